The van der Waals surface area contributed by atoms with Gasteiger partial charge in [0.25, 0.3) is 0 Å². The molecule has 0 aliphatic carbocycles. The minimum atomic E-state index is -0.460. The highest BCUT2D eigenvalue weighted by Gasteiger charge is 2.11. The molecule has 0 unspecified atom stereocenters. The predicted molar refractivity (Wildman–Crippen MR) is 72.3 cm³/mol. The van der Waals surface area contributed by atoms with Crippen LogP contribution in [0.25, 0.3) is 0 Å². The lowest BCUT2D eigenvalue weighted by Crippen LogP contribution is -2.10. The number of hydrogen-bond donors (Lipinski definition) is 0. The van der Waals surface area contributed by atoms with Gasteiger partial charge in [0.2, 0.25) is 0 Å². The molecule has 0 N–H and O–H groups in total. The van der Waals surface area contributed by atoms with Crippen LogP contribution in [0.4, 0.5) is 0 Å². The summed E-state index contributed by atoms with van der Waals surface area (Å²) in [5.74, 6) is -0.460. The van der Waals surface area contributed by atoms with Gasteiger partial charge < -0.3 is 4.74 Å². The lowest BCUT2D eigenvalue weighted by molar-refractivity contribution is 0.0507. The summed E-state index contributed by atoms with van der Waals surface area (Å²) < 4.78 is 5.18. The van der Waals surface area contributed by atoms with E-state index in [1.54, 1.807) is 24.3 Å². The third-order valence-corrected chi connectivity index (χ3v) is 2.77. The van der Waals surface area contributed by atoms with E-state index in [0.29, 0.717) is 30.4 Å². The van der Waals surface area contributed by atoms with Crippen molar-refractivity contribution in [3.05, 3.63) is 71.3 Å². The summed E-state index contributed by atoms with van der Waals surface area (Å²) in [5, 5.41) is 0. The minimum absolute atomic E-state index is 0.302. The molecule has 0 radical (unpaired) electrons. The Labute approximate surface area is 111 Å². The Morgan fingerprint density at radius 3 is 2.42 bits per heavy atom. The molecule has 0 bridgehead atoms. The minimum Gasteiger partial charge on any atom is -0.462 e. The maximum absolute atomic E-state index is 11.8. The lowest BCUT2D eigenvalue weighted by Gasteiger charge is -2.06. The maximum atomic E-state index is 11.8. The fourth-order valence-corrected chi connectivity index (χ4v) is 1.77. The van der Waals surface area contributed by atoms with Crippen molar-refractivity contribution in [3.63, 3.8) is 0 Å². The summed E-state index contributed by atoms with van der Waals surface area (Å²) in [4.78, 5) is 22.7. The van der Waals surface area contributed by atoms with Gasteiger partial charge in [0.05, 0.1) is 12.2 Å². The predicted octanol–water partition coefficient (Wildman–Crippen LogP) is 2.90. The highest BCUT2D eigenvalue weighted by atomic mass is 16.5. The normalized spacial score (nSPS) is 9.89. The number of ether oxygens (including phenoxy) is 1. The van der Waals surface area contributed by atoms with Gasteiger partial charge in [-0.25, -0.2) is 4.79 Å². The summed E-state index contributed by atoms with van der Waals surface area (Å²) in [6.45, 7) is 0.302. The van der Waals surface area contributed by atoms with Gasteiger partial charge in [-0.15, -0.1) is 0 Å². The van der Waals surface area contributed by atoms with Crippen molar-refractivity contribution in [1.82, 2.24) is 0 Å². The molecule has 0 aromatic heterocycles. The Hall–Kier alpha value is -2.42. The van der Waals surface area contributed by atoms with E-state index >= 15 is 0 Å². The second kappa shape index (κ2) is 6.50. The molecule has 2 aromatic rings. The van der Waals surface area contributed by atoms with Crippen LogP contribution in [0.5, 0.6) is 0 Å². The SMILES string of the molecule is O=Cc1ccccc1C(=O)OCCc1ccccc1. The first-order valence-electron chi connectivity index (χ1n) is 6.06. The van der Waals surface area contributed by atoms with Crippen molar-refractivity contribution in [2.45, 2.75) is 6.42 Å². The van der Waals surface area contributed by atoms with Crippen molar-refractivity contribution in [2.75, 3.05) is 6.61 Å². The maximum Gasteiger partial charge on any atom is 0.338 e. The molecule has 2 aromatic carbocycles. The number of carbonyl (C=O) groups is 2. The van der Waals surface area contributed by atoms with E-state index < -0.39 is 5.97 Å². The van der Waals surface area contributed by atoms with Crippen molar-refractivity contribution in [2.24, 2.45) is 0 Å². The summed E-state index contributed by atoms with van der Waals surface area (Å²) in [5.41, 5.74) is 1.77. The number of benzene rings is 2. The standard InChI is InChI=1S/C16H14O3/c17-12-14-8-4-5-9-15(14)16(18)19-11-10-13-6-2-1-3-7-13/h1-9,12H,10-11H2. The zero-order chi connectivity index (χ0) is 13.5. The number of hydrogen-bond acceptors (Lipinski definition) is 3. The van der Waals surface area contributed by atoms with Crippen LogP contribution in [-0.4, -0.2) is 18.9 Å². The van der Waals surface area contributed by atoms with E-state index in [0.717, 1.165) is 5.56 Å². The van der Waals surface area contributed by atoms with Crippen LogP contribution in [0.2, 0.25) is 0 Å². The van der Waals surface area contributed by atoms with Gasteiger partial charge in [0, 0.05) is 12.0 Å². The van der Waals surface area contributed by atoms with E-state index in [9.17, 15) is 9.59 Å². The van der Waals surface area contributed by atoms with Crippen molar-refractivity contribution >= 4 is 12.3 Å². The number of aldehydes is 1. The summed E-state index contributed by atoms with van der Waals surface area (Å²) in [6, 6.07) is 16.4. The monoisotopic (exact) mass is 254 g/mol. The van der Waals surface area contributed by atoms with Gasteiger partial charge in [-0.05, 0) is 11.6 Å². The molecule has 3 heteroatoms. The Balaban J connectivity index is 1.93. The largest absolute Gasteiger partial charge is 0.462 e. The molecule has 96 valence electrons. The van der Waals surface area contributed by atoms with Crippen LogP contribution in [0.3, 0.4) is 0 Å². The highest BCUT2D eigenvalue weighted by Crippen LogP contribution is 2.08. The smallest absolute Gasteiger partial charge is 0.338 e. The Morgan fingerprint density at radius 1 is 1.00 bits per heavy atom. The molecule has 0 aliphatic heterocycles. The molecular formula is C16H14O3. The average Bonchev–Trinajstić information content (AvgIpc) is 2.48. The molecule has 0 saturated carbocycles. The average molecular weight is 254 g/mol. The molecule has 0 saturated heterocycles. The van der Waals surface area contributed by atoms with Crippen LogP contribution >= 0.6 is 0 Å². The van der Waals surface area contributed by atoms with Gasteiger partial charge in [-0.3, -0.25) is 4.79 Å². The summed E-state index contributed by atoms with van der Waals surface area (Å²) in [6.07, 6.45) is 1.32. The zero-order valence-corrected chi connectivity index (χ0v) is 10.4. The lowest BCUT2D eigenvalue weighted by atomic mass is 10.1. The zero-order valence-electron chi connectivity index (χ0n) is 10.4. The van der Waals surface area contributed by atoms with Gasteiger partial charge >= 0.3 is 5.97 Å². The van der Waals surface area contributed by atoms with Crippen LogP contribution in [0.1, 0.15) is 26.3 Å². The van der Waals surface area contributed by atoms with Crippen LogP contribution in [-0.2, 0) is 11.2 Å². The van der Waals surface area contributed by atoms with E-state index in [2.05, 4.69) is 0 Å². The molecular weight excluding hydrogens is 240 g/mol. The molecule has 19 heavy (non-hydrogen) atoms. The van der Waals surface area contributed by atoms with Crippen molar-refractivity contribution < 1.29 is 14.3 Å². The van der Waals surface area contributed by atoms with E-state index in [1.165, 1.54) is 0 Å². The quantitative estimate of drug-likeness (QED) is 0.608. The Kier molecular flexibility index (Phi) is 4.45. The fraction of sp³-hybridized carbons (Fsp3) is 0.125. The first-order chi connectivity index (χ1) is 9.31. The molecule has 3 nitrogen and oxygen atoms in total. The van der Waals surface area contributed by atoms with Gasteiger partial charge in [0.1, 0.15) is 0 Å². The fourth-order valence-electron chi connectivity index (χ4n) is 1.77. The molecule has 0 atom stereocenters. The Morgan fingerprint density at radius 2 is 1.68 bits per heavy atom. The van der Waals surface area contributed by atoms with Gasteiger partial charge in [-0.2, -0.15) is 0 Å². The first-order valence-corrected chi connectivity index (χ1v) is 6.06. The number of rotatable bonds is 5. The van der Waals surface area contributed by atoms with Gasteiger partial charge in [-0.1, -0.05) is 48.5 Å². The number of esters is 1. The van der Waals surface area contributed by atoms with Crippen LogP contribution < -0.4 is 0 Å². The molecule has 0 spiro atoms. The molecule has 0 amide bonds. The van der Waals surface area contributed by atoms with E-state index in [-0.39, 0.29) is 0 Å². The second-order valence-electron chi connectivity index (χ2n) is 4.08. The third-order valence-electron chi connectivity index (χ3n) is 2.77. The molecule has 2 rings (SSSR count). The topological polar surface area (TPSA) is 43.4 Å². The van der Waals surface area contributed by atoms with Crippen molar-refractivity contribution in [3.8, 4) is 0 Å². The molecule has 0 fully saturated rings. The summed E-state index contributed by atoms with van der Waals surface area (Å²) in [7, 11) is 0. The van der Waals surface area contributed by atoms with E-state index in [1.807, 2.05) is 30.3 Å². The Bertz CT molecular complexity index is 561. The molecule has 0 heterocycles. The van der Waals surface area contributed by atoms with E-state index in [4.69, 9.17) is 4.74 Å². The third kappa shape index (κ3) is 3.52. The second-order valence-corrected chi connectivity index (χ2v) is 4.08. The van der Waals surface area contributed by atoms with Gasteiger partial charge in [0.15, 0.2) is 6.29 Å². The van der Waals surface area contributed by atoms with Crippen LogP contribution in [0, 0.1) is 0 Å². The molecule has 0 aliphatic rings. The van der Waals surface area contributed by atoms with Crippen molar-refractivity contribution in [1.29, 1.82) is 0 Å². The highest BCUT2D eigenvalue weighted by molar-refractivity contribution is 5.98. The first kappa shape index (κ1) is 13.0. The summed E-state index contributed by atoms with van der Waals surface area (Å²) >= 11 is 0. The number of carbonyl (C=O) groups excluding carboxylic acids is 2. The van der Waals surface area contributed by atoms with Crippen LogP contribution in [0.15, 0.2) is 54.6 Å².